The molecular formula is C13H22ClN3O2S. The van der Waals surface area contributed by atoms with Gasteiger partial charge in [-0.3, -0.25) is 4.79 Å². The molecule has 20 heavy (non-hydrogen) atoms. The van der Waals surface area contributed by atoms with Crippen LogP contribution in [0, 0.1) is 0 Å². The van der Waals surface area contributed by atoms with Crippen LogP contribution in [0.4, 0.5) is 0 Å². The number of carbonyl (C=O) groups excluding carboxylic acids is 1. The molecule has 114 valence electrons. The highest BCUT2D eigenvalue weighted by molar-refractivity contribution is 7.09. The van der Waals surface area contributed by atoms with Gasteiger partial charge in [0.05, 0.1) is 11.1 Å². The van der Waals surface area contributed by atoms with Crippen molar-refractivity contribution < 1.29 is 9.53 Å². The standard InChI is InChI=1S/C13H21N3O2S.ClH/c1-2-16(8-10-4-3-7-18-10)13(17)11-9-19-12(15-11)5-6-14;/h9-10H,2-8,14H2,1H3;1H. The van der Waals surface area contributed by atoms with Gasteiger partial charge in [0.2, 0.25) is 0 Å². The number of nitrogens with two attached hydrogens (primary N) is 1. The Balaban J connectivity index is 0.00000200. The number of aromatic nitrogens is 1. The summed E-state index contributed by atoms with van der Waals surface area (Å²) in [5.41, 5.74) is 6.03. The molecule has 1 aliphatic rings. The molecule has 0 radical (unpaired) electrons. The molecule has 7 heteroatoms. The van der Waals surface area contributed by atoms with Crippen molar-refractivity contribution in [2.75, 3.05) is 26.2 Å². The van der Waals surface area contributed by atoms with Crippen molar-refractivity contribution in [2.45, 2.75) is 32.3 Å². The zero-order chi connectivity index (χ0) is 13.7. The molecule has 0 spiro atoms. The largest absolute Gasteiger partial charge is 0.376 e. The number of ether oxygens (including phenoxy) is 1. The van der Waals surface area contributed by atoms with E-state index in [0.29, 0.717) is 25.3 Å². The first-order valence-corrected chi connectivity index (χ1v) is 7.68. The number of thiazole rings is 1. The van der Waals surface area contributed by atoms with Crippen LogP contribution in [-0.4, -0.2) is 48.1 Å². The summed E-state index contributed by atoms with van der Waals surface area (Å²) in [6.07, 6.45) is 3.05. The van der Waals surface area contributed by atoms with E-state index in [4.69, 9.17) is 10.5 Å². The van der Waals surface area contributed by atoms with E-state index in [1.165, 1.54) is 11.3 Å². The molecule has 1 aromatic rings. The lowest BCUT2D eigenvalue weighted by Gasteiger charge is -2.23. The molecule has 1 aliphatic heterocycles. The Morgan fingerprint density at radius 2 is 2.45 bits per heavy atom. The Morgan fingerprint density at radius 1 is 1.65 bits per heavy atom. The van der Waals surface area contributed by atoms with Crippen molar-refractivity contribution in [2.24, 2.45) is 5.73 Å². The number of amides is 1. The third kappa shape index (κ3) is 4.41. The van der Waals surface area contributed by atoms with Crippen molar-refractivity contribution in [1.82, 2.24) is 9.88 Å². The Labute approximate surface area is 129 Å². The highest BCUT2D eigenvalue weighted by Crippen LogP contribution is 2.16. The van der Waals surface area contributed by atoms with Crippen molar-refractivity contribution >= 4 is 29.7 Å². The quantitative estimate of drug-likeness (QED) is 0.866. The van der Waals surface area contributed by atoms with Crippen LogP contribution >= 0.6 is 23.7 Å². The Bertz CT molecular complexity index is 422. The molecule has 1 unspecified atom stereocenters. The number of nitrogens with zero attached hydrogens (tertiary/aromatic N) is 2. The van der Waals surface area contributed by atoms with Crippen LogP contribution in [-0.2, 0) is 11.2 Å². The predicted molar refractivity (Wildman–Crippen MR) is 82.7 cm³/mol. The minimum absolute atomic E-state index is 0. The second-order valence-electron chi connectivity index (χ2n) is 4.64. The first-order valence-electron chi connectivity index (χ1n) is 6.80. The summed E-state index contributed by atoms with van der Waals surface area (Å²) in [6.45, 7) is 4.71. The van der Waals surface area contributed by atoms with E-state index >= 15 is 0 Å². The lowest BCUT2D eigenvalue weighted by molar-refractivity contribution is 0.0535. The van der Waals surface area contributed by atoms with Crippen LogP contribution in [0.3, 0.4) is 0 Å². The summed E-state index contributed by atoms with van der Waals surface area (Å²) >= 11 is 1.50. The van der Waals surface area contributed by atoms with Crippen molar-refractivity contribution in [1.29, 1.82) is 0 Å². The number of rotatable bonds is 6. The third-order valence-corrected chi connectivity index (χ3v) is 4.15. The minimum Gasteiger partial charge on any atom is -0.376 e. The SMILES string of the molecule is CCN(CC1CCCO1)C(=O)c1csc(CCN)n1.Cl. The van der Waals surface area contributed by atoms with Gasteiger partial charge in [-0.1, -0.05) is 0 Å². The lowest BCUT2D eigenvalue weighted by Crippen LogP contribution is -2.37. The van der Waals surface area contributed by atoms with Crippen LogP contribution in [0.1, 0.15) is 35.3 Å². The molecule has 2 rings (SSSR count). The topological polar surface area (TPSA) is 68.5 Å². The van der Waals surface area contributed by atoms with Crippen molar-refractivity contribution in [3.63, 3.8) is 0 Å². The summed E-state index contributed by atoms with van der Waals surface area (Å²) < 4.78 is 5.59. The number of likely N-dealkylation sites (N-methyl/N-ethyl adjacent to an activating group) is 1. The maximum atomic E-state index is 12.4. The fraction of sp³-hybridized carbons (Fsp3) is 0.692. The lowest BCUT2D eigenvalue weighted by atomic mass is 10.2. The van der Waals surface area contributed by atoms with Crippen LogP contribution in [0.15, 0.2) is 5.38 Å². The van der Waals surface area contributed by atoms with Gasteiger partial charge in [0, 0.05) is 31.5 Å². The maximum Gasteiger partial charge on any atom is 0.273 e. The van der Waals surface area contributed by atoms with Crippen LogP contribution < -0.4 is 5.73 Å². The number of hydrogen-bond acceptors (Lipinski definition) is 5. The fourth-order valence-electron chi connectivity index (χ4n) is 2.20. The van der Waals surface area contributed by atoms with Gasteiger partial charge in [-0.2, -0.15) is 0 Å². The van der Waals surface area contributed by atoms with Gasteiger partial charge < -0.3 is 15.4 Å². The average molecular weight is 320 g/mol. The van der Waals surface area contributed by atoms with Crippen LogP contribution in [0.2, 0.25) is 0 Å². The molecule has 1 atom stereocenters. The van der Waals surface area contributed by atoms with E-state index < -0.39 is 0 Å². The summed E-state index contributed by atoms with van der Waals surface area (Å²) in [5.74, 6) is -0.00229. The average Bonchev–Trinajstić information content (AvgIpc) is 3.06. The highest BCUT2D eigenvalue weighted by Gasteiger charge is 2.23. The summed E-state index contributed by atoms with van der Waals surface area (Å²) in [7, 11) is 0. The smallest absolute Gasteiger partial charge is 0.273 e. The van der Waals surface area contributed by atoms with Crippen LogP contribution in [0.25, 0.3) is 0 Å². The zero-order valence-electron chi connectivity index (χ0n) is 11.7. The molecule has 2 heterocycles. The highest BCUT2D eigenvalue weighted by atomic mass is 35.5. The number of carbonyl (C=O) groups is 1. The first kappa shape index (κ1) is 17.4. The monoisotopic (exact) mass is 319 g/mol. The van der Waals surface area contributed by atoms with E-state index in [1.54, 1.807) is 0 Å². The Morgan fingerprint density at radius 3 is 3.05 bits per heavy atom. The Kier molecular flexibility index (Phi) is 7.43. The summed E-state index contributed by atoms with van der Waals surface area (Å²) in [6, 6.07) is 0. The maximum absolute atomic E-state index is 12.4. The number of hydrogen-bond donors (Lipinski definition) is 1. The molecule has 0 aromatic carbocycles. The van der Waals surface area contributed by atoms with Gasteiger partial charge in [0.25, 0.3) is 5.91 Å². The predicted octanol–water partition coefficient (Wildman–Crippen LogP) is 1.71. The molecule has 1 amide bonds. The molecule has 1 aromatic heterocycles. The zero-order valence-corrected chi connectivity index (χ0v) is 13.3. The van der Waals surface area contributed by atoms with Gasteiger partial charge >= 0.3 is 0 Å². The second-order valence-corrected chi connectivity index (χ2v) is 5.59. The van der Waals surface area contributed by atoms with Gasteiger partial charge in [0.15, 0.2) is 0 Å². The Hall–Kier alpha value is -0.690. The van der Waals surface area contributed by atoms with E-state index in [0.717, 1.165) is 30.9 Å². The molecule has 0 saturated carbocycles. The number of halogens is 1. The molecule has 2 N–H and O–H groups in total. The summed E-state index contributed by atoms with van der Waals surface area (Å²) in [5, 5.41) is 2.75. The molecule has 1 saturated heterocycles. The van der Waals surface area contributed by atoms with Gasteiger partial charge in [0.1, 0.15) is 5.69 Å². The van der Waals surface area contributed by atoms with Crippen LogP contribution in [0.5, 0.6) is 0 Å². The van der Waals surface area contributed by atoms with Gasteiger partial charge in [-0.25, -0.2) is 4.98 Å². The third-order valence-electron chi connectivity index (χ3n) is 3.25. The van der Waals surface area contributed by atoms with Crippen molar-refractivity contribution in [3.8, 4) is 0 Å². The normalized spacial score (nSPS) is 17.8. The van der Waals surface area contributed by atoms with E-state index in [2.05, 4.69) is 4.98 Å². The van der Waals surface area contributed by atoms with E-state index in [-0.39, 0.29) is 24.4 Å². The van der Waals surface area contributed by atoms with E-state index in [1.807, 2.05) is 17.2 Å². The first-order chi connectivity index (χ1) is 9.24. The molecule has 0 bridgehead atoms. The minimum atomic E-state index is -0.00229. The fourth-order valence-corrected chi connectivity index (χ4v) is 2.99. The molecular weight excluding hydrogens is 298 g/mol. The van der Waals surface area contributed by atoms with Gasteiger partial charge in [-0.05, 0) is 26.3 Å². The molecule has 5 nitrogen and oxygen atoms in total. The van der Waals surface area contributed by atoms with Gasteiger partial charge in [-0.15, -0.1) is 23.7 Å². The second kappa shape index (κ2) is 8.56. The van der Waals surface area contributed by atoms with Crippen molar-refractivity contribution in [3.05, 3.63) is 16.1 Å². The molecule has 0 aliphatic carbocycles. The summed E-state index contributed by atoms with van der Waals surface area (Å²) in [4.78, 5) is 18.5. The molecule has 1 fully saturated rings. The van der Waals surface area contributed by atoms with E-state index in [9.17, 15) is 4.79 Å².